The number of anilines is 2. The van der Waals surface area contributed by atoms with E-state index < -0.39 is 44.8 Å². The third-order valence-electron chi connectivity index (χ3n) is 7.45. The third kappa shape index (κ3) is 6.41. The Balaban J connectivity index is 0.00000484. The number of hydrogen-bond donors (Lipinski definition) is 2. The van der Waals surface area contributed by atoms with Crippen molar-refractivity contribution < 1.29 is 27.5 Å². The summed E-state index contributed by atoms with van der Waals surface area (Å²) in [5.74, 6) is -3.30. The average Bonchev–Trinajstić information content (AvgIpc) is 3.03. The molecule has 226 valence electrons. The van der Waals surface area contributed by atoms with Gasteiger partial charge in [-0.3, -0.25) is 14.4 Å². The summed E-state index contributed by atoms with van der Waals surface area (Å²) in [5, 5.41) is 4.81. The van der Waals surface area contributed by atoms with Gasteiger partial charge in [-0.1, -0.05) is 47.1 Å². The quantitative estimate of drug-likeness (QED) is 0.353. The van der Waals surface area contributed by atoms with Crippen molar-refractivity contribution in [2.45, 2.75) is 25.9 Å². The Morgan fingerprint density at radius 3 is 2.36 bits per heavy atom. The van der Waals surface area contributed by atoms with Crippen molar-refractivity contribution >= 4 is 78.0 Å². The Bertz CT molecular complexity index is 1640. The van der Waals surface area contributed by atoms with Gasteiger partial charge in [0.1, 0.15) is 17.0 Å². The maximum absolute atomic E-state index is 14.6. The second kappa shape index (κ2) is 13.0. The van der Waals surface area contributed by atoms with Crippen LogP contribution in [0.1, 0.15) is 19.4 Å². The summed E-state index contributed by atoms with van der Waals surface area (Å²) < 4.78 is 30.8. The summed E-state index contributed by atoms with van der Waals surface area (Å²) in [5.41, 5.74) is 5.77. The summed E-state index contributed by atoms with van der Waals surface area (Å²) in [6.45, 7) is 3.41. The van der Waals surface area contributed by atoms with Crippen molar-refractivity contribution in [3.05, 3.63) is 64.6 Å². The monoisotopic (exact) mass is 680 g/mol. The van der Waals surface area contributed by atoms with Crippen LogP contribution in [0.4, 0.5) is 11.4 Å². The molecule has 10 nitrogen and oxygen atoms in total. The van der Waals surface area contributed by atoms with Crippen molar-refractivity contribution in [2.24, 2.45) is 11.7 Å². The molecule has 0 saturated heterocycles. The highest BCUT2D eigenvalue weighted by atomic mass is 79.9. The van der Waals surface area contributed by atoms with Gasteiger partial charge in [-0.15, -0.1) is 12.4 Å². The Morgan fingerprint density at radius 1 is 1.10 bits per heavy atom. The first-order valence-corrected chi connectivity index (χ1v) is 15.8. The van der Waals surface area contributed by atoms with Gasteiger partial charge in [0.15, 0.2) is 9.84 Å². The highest BCUT2D eigenvalue weighted by molar-refractivity contribution is 9.10. The minimum atomic E-state index is -3.70. The normalized spacial score (nSPS) is 16.7. The van der Waals surface area contributed by atoms with Crippen LogP contribution in [0.25, 0.3) is 10.8 Å². The molecule has 4 rings (SSSR count). The van der Waals surface area contributed by atoms with Crippen LogP contribution >= 0.6 is 28.3 Å². The molecule has 0 aliphatic carbocycles. The molecule has 13 heteroatoms. The lowest BCUT2D eigenvalue weighted by Crippen LogP contribution is -2.64. The molecule has 0 saturated carbocycles. The Hall–Kier alpha value is -3.19. The molecule has 1 aliphatic heterocycles. The number of rotatable bonds is 9. The Labute approximate surface area is 260 Å². The van der Waals surface area contributed by atoms with Crippen molar-refractivity contribution in [3.63, 3.8) is 0 Å². The number of hydrogen-bond acceptors (Lipinski definition) is 7. The van der Waals surface area contributed by atoms with Gasteiger partial charge in [-0.25, -0.2) is 8.42 Å². The number of ether oxygens (including phenoxy) is 1. The number of nitrogens with zero attached hydrogens (tertiary/aromatic N) is 2. The lowest BCUT2D eigenvalue weighted by atomic mass is 9.83. The van der Waals surface area contributed by atoms with E-state index in [1.807, 2.05) is 30.3 Å². The van der Waals surface area contributed by atoms with Gasteiger partial charge in [0.05, 0.1) is 30.9 Å². The largest absolute Gasteiger partial charge is 0.496 e. The second-order valence-corrected chi connectivity index (χ2v) is 13.2. The summed E-state index contributed by atoms with van der Waals surface area (Å²) in [7, 11) is -2.15. The van der Waals surface area contributed by atoms with E-state index in [0.717, 1.165) is 21.5 Å². The number of sulfone groups is 1. The van der Waals surface area contributed by atoms with E-state index in [4.69, 9.17) is 10.5 Å². The van der Waals surface area contributed by atoms with Crippen LogP contribution < -0.4 is 25.6 Å². The van der Waals surface area contributed by atoms with Gasteiger partial charge in [0.2, 0.25) is 17.7 Å². The standard InChI is InChI=1S/C29H33BrN4O6S.ClH/c1-5-32-29(2,28(31)37)21-16-33(26(35)17-41(4,38)39)23-11-6-7-12-24(23)34(27(21)36)15-20-18-9-8-10-22(30)19(18)13-14-25(20)40-3;/h6-14,21,32H,5,15-17H2,1-4H3,(H2,31,37);1H/t21-,29?;/m1./s1. The fourth-order valence-corrected chi connectivity index (χ4v) is 6.44. The Kier molecular flexibility index (Phi) is 10.3. The molecule has 42 heavy (non-hydrogen) atoms. The van der Waals surface area contributed by atoms with E-state index in [9.17, 15) is 22.8 Å². The molecule has 0 spiro atoms. The van der Waals surface area contributed by atoms with Gasteiger partial charge in [0, 0.05) is 22.8 Å². The van der Waals surface area contributed by atoms with Crippen molar-refractivity contribution in [1.82, 2.24) is 5.32 Å². The molecular formula is C29H34BrClN4O6S. The molecule has 3 amide bonds. The molecule has 3 aromatic rings. The summed E-state index contributed by atoms with van der Waals surface area (Å²) in [4.78, 5) is 43.7. The molecule has 1 unspecified atom stereocenters. The van der Waals surface area contributed by atoms with Crippen molar-refractivity contribution in [3.8, 4) is 5.75 Å². The average molecular weight is 682 g/mol. The number of likely N-dealkylation sites (N-methyl/N-ethyl adjacent to an activating group) is 1. The zero-order valence-corrected chi connectivity index (χ0v) is 26.9. The van der Waals surface area contributed by atoms with Gasteiger partial charge >= 0.3 is 0 Å². The summed E-state index contributed by atoms with van der Waals surface area (Å²) in [6.07, 6.45) is 0.973. The fraction of sp³-hybridized carbons (Fsp3) is 0.345. The number of primary amides is 1. The van der Waals surface area contributed by atoms with Gasteiger partial charge in [0.25, 0.3) is 0 Å². The minimum Gasteiger partial charge on any atom is -0.496 e. The zero-order chi connectivity index (χ0) is 30.1. The first-order valence-electron chi connectivity index (χ1n) is 13.0. The highest BCUT2D eigenvalue weighted by Gasteiger charge is 2.49. The highest BCUT2D eigenvalue weighted by Crippen LogP contribution is 2.40. The van der Waals surface area contributed by atoms with Crippen LogP contribution in [-0.2, 0) is 30.8 Å². The number of para-hydroxylation sites is 2. The topological polar surface area (TPSA) is 139 Å². The first-order chi connectivity index (χ1) is 19.3. The number of halogens is 2. The number of nitrogens with two attached hydrogens (primary N) is 1. The second-order valence-electron chi connectivity index (χ2n) is 10.2. The van der Waals surface area contributed by atoms with E-state index in [-0.39, 0.29) is 25.5 Å². The molecule has 0 aromatic heterocycles. The summed E-state index contributed by atoms with van der Waals surface area (Å²) >= 11 is 3.60. The van der Waals surface area contributed by atoms with Gasteiger partial charge < -0.3 is 25.6 Å². The molecule has 1 heterocycles. The van der Waals surface area contributed by atoms with Crippen LogP contribution in [0.2, 0.25) is 0 Å². The van der Waals surface area contributed by atoms with E-state index in [0.29, 0.717) is 29.2 Å². The number of amides is 3. The van der Waals surface area contributed by atoms with Gasteiger partial charge in [-0.2, -0.15) is 0 Å². The van der Waals surface area contributed by atoms with E-state index in [1.54, 1.807) is 38.3 Å². The molecule has 0 radical (unpaired) electrons. The van der Waals surface area contributed by atoms with Crippen molar-refractivity contribution in [1.29, 1.82) is 0 Å². The molecule has 2 atom stereocenters. The number of fused-ring (bicyclic) bond motifs is 2. The van der Waals surface area contributed by atoms with Crippen LogP contribution in [-0.4, -0.2) is 63.9 Å². The fourth-order valence-electron chi connectivity index (χ4n) is 5.34. The van der Waals surface area contributed by atoms with E-state index >= 15 is 0 Å². The molecule has 0 fully saturated rings. The lowest BCUT2D eigenvalue weighted by Gasteiger charge is -2.37. The SMILES string of the molecule is CCNC(C)(C(N)=O)[C@@H]1CN(C(=O)CS(C)(=O)=O)c2ccccc2N(Cc2c(OC)ccc3c(Br)cccc23)C1=O.Cl. The maximum Gasteiger partial charge on any atom is 0.242 e. The number of nitrogens with one attached hydrogen (secondary N) is 1. The predicted octanol–water partition coefficient (Wildman–Crippen LogP) is 3.43. The predicted molar refractivity (Wildman–Crippen MR) is 170 cm³/mol. The third-order valence-corrected chi connectivity index (χ3v) is 8.91. The van der Waals surface area contributed by atoms with Crippen LogP contribution in [0, 0.1) is 5.92 Å². The minimum absolute atomic E-state index is 0. The molecule has 0 bridgehead atoms. The zero-order valence-electron chi connectivity index (χ0n) is 23.7. The van der Waals surface area contributed by atoms with E-state index in [2.05, 4.69) is 21.2 Å². The first kappa shape index (κ1) is 33.3. The maximum atomic E-state index is 14.6. The molecule has 1 aliphatic rings. The van der Waals surface area contributed by atoms with Crippen LogP contribution in [0.15, 0.2) is 59.1 Å². The van der Waals surface area contributed by atoms with Gasteiger partial charge in [-0.05, 0) is 54.6 Å². The number of benzene rings is 3. The smallest absolute Gasteiger partial charge is 0.242 e. The summed E-state index contributed by atoms with van der Waals surface area (Å²) in [6, 6.07) is 16.3. The molecule has 3 aromatic carbocycles. The molecule has 3 N–H and O–H groups in total. The van der Waals surface area contributed by atoms with Crippen molar-refractivity contribution in [2.75, 3.05) is 42.0 Å². The molecular weight excluding hydrogens is 648 g/mol. The Morgan fingerprint density at radius 2 is 1.76 bits per heavy atom. The lowest BCUT2D eigenvalue weighted by molar-refractivity contribution is -0.134. The number of methoxy groups -OCH3 is 1. The van der Waals surface area contributed by atoms with E-state index in [1.165, 1.54) is 16.7 Å². The number of carbonyl (C=O) groups excluding carboxylic acids is 3. The van der Waals surface area contributed by atoms with Crippen LogP contribution in [0.5, 0.6) is 5.75 Å². The van der Waals surface area contributed by atoms with Crippen LogP contribution in [0.3, 0.4) is 0 Å². The number of carbonyl (C=O) groups is 3.